The van der Waals surface area contributed by atoms with E-state index < -0.39 is 4.92 Å². The van der Waals surface area contributed by atoms with E-state index in [1.54, 1.807) is 24.5 Å². The predicted octanol–water partition coefficient (Wildman–Crippen LogP) is 3.36. The summed E-state index contributed by atoms with van der Waals surface area (Å²) in [6.45, 7) is 0. The second kappa shape index (κ2) is 5.29. The zero-order chi connectivity index (χ0) is 14.8. The summed E-state index contributed by atoms with van der Waals surface area (Å²) in [6.07, 6.45) is 3.19. The second-order valence-corrected chi connectivity index (χ2v) is 4.52. The minimum atomic E-state index is -0.546. The van der Waals surface area contributed by atoms with Gasteiger partial charge in [0, 0.05) is 29.0 Å². The molecule has 8 heteroatoms. The van der Waals surface area contributed by atoms with Gasteiger partial charge in [0.05, 0.1) is 4.92 Å². The third kappa shape index (κ3) is 2.59. The van der Waals surface area contributed by atoms with Gasteiger partial charge in [0.25, 0.3) is 11.6 Å². The molecule has 2 aromatic heterocycles. The Bertz CT molecular complexity index is 804. The molecular weight excluding hydrogens is 296 g/mol. The van der Waals surface area contributed by atoms with Gasteiger partial charge in [-0.2, -0.15) is 4.98 Å². The molecule has 0 spiro atoms. The van der Waals surface area contributed by atoms with E-state index in [0.29, 0.717) is 11.4 Å². The summed E-state index contributed by atoms with van der Waals surface area (Å²) in [5.41, 5.74) is 0.681. The van der Waals surface area contributed by atoms with Crippen molar-refractivity contribution in [1.29, 1.82) is 0 Å². The molecule has 21 heavy (non-hydrogen) atoms. The highest BCUT2D eigenvalue weighted by molar-refractivity contribution is 6.30. The number of nitro benzene ring substituents is 1. The molecule has 0 aliphatic carbocycles. The molecule has 0 saturated carbocycles. The van der Waals surface area contributed by atoms with Crippen LogP contribution in [0, 0.1) is 10.1 Å². The molecule has 0 N–H and O–H groups in total. The number of aromatic nitrogens is 3. The van der Waals surface area contributed by atoms with Crippen LogP contribution in [-0.4, -0.2) is 20.0 Å². The van der Waals surface area contributed by atoms with E-state index in [4.69, 9.17) is 16.1 Å². The van der Waals surface area contributed by atoms with Crippen LogP contribution in [-0.2, 0) is 0 Å². The lowest BCUT2D eigenvalue weighted by Crippen LogP contribution is -1.92. The zero-order valence-corrected chi connectivity index (χ0v) is 11.2. The molecule has 0 aliphatic rings. The summed E-state index contributed by atoms with van der Waals surface area (Å²) in [7, 11) is 0. The standard InChI is InChI=1S/C13H7ClN4O3/c14-9-3-4-10(11(6-9)18(19)20)13-16-12(17-21-13)8-2-1-5-15-7-8/h1-7H. The Hall–Kier alpha value is -2.80. The maximum absolute atomic E-state index is 11.1. The molecule has 0 unspecified atom stereocenters. The summed E-state index contributed by atoms with van der Waals surface area (Å²) in [4.78, 5) is 18.6. The largest absolute Gasteiger partial charge is 0.333 e. The van der Waals surface area contributed by atoms with Gasteiger partial charge in [-0.25, -0.2) is 0 Å². The molecule has 3 aromatic rings. The molecule has 0 aliphatic heterocycles. The lowest BCUT2D eigenvalue weighted by molar-refractivity contribution is -0.384. The van der Waals surface area contributed by atoms with Crippen LogP contribution in [0.15, 0.2) is 47.2 Å². The number of hydrogen-bond acceptors (Lipinski definition) is 6. The highest BCUT2D eigenvalue weighted by Crippen LogP contribution is 2.32. The minimum absolute atomic E-state index is 0.0530. The summed E-state index contributed by atoms with van der Waals surface area (Å²) in [5, 5.41) is 15.1. The fourth-order valence-corrected chi connectivity index (χ4v) is 1.95. The van der Waals surface area contributed by atoms with E-state index in [0.717, 1.165) is 0 Å². The van der Waals surface area contributed by atoms with E-state index in [1.807, 2.05) is 0 Å². The average molecular weight is 303 g/mol. The van der Waals surface area contributed by atoms with E-state index in [9.17, 15) is 10.1 Å². The quantitative estimate of drug-likeness (QED) is 0.544. The fraction of sp³-hybridized carbons (Fsp3) is 0. The van der Waals surface area contributed by atoms with Gasteiger partial charge in [-0.1, -0.05) is 16.8 Å². The van der Waals surface area contributed by atoms with Crippen molar-refractivity contribution in [1.82, 2.24) is 15.1 Å². The van der Waals surface area contributed by atoms with Crippen molar-refractivity contribution >= 4 is 17.3 Å². The van der Waals surface area contributed by atoms with Crippen molar-refractivity contribution < 1.29 is 9.45 Å². The molecule has 0 radical (unpaired) electrons. The fourth-order valence-electron chi connectivity index (χ4n) is 1.78. The minimum Gasteiger partial charge on any atom is -0.333 e. The third-order valence-corrected chi connectivity index (χ3v) is 2.97. The number of halogens is 1. The monoisotopic (exact) mass is 302 g/mol. The van der Waals surface area contributed by atoms with Gasteiger partial charge < -0.3 is 4.52 Å². The molecule has 0 amide bonds. The van der Waals surface area contributed by atoms with Crippen molar-refractivity contribution in [2.75, 3.05) is 0 Å². The normalized spacial score (nSPS) is 10.5. The van der Waals surface area contributed by atoms with Gasteiger partial charge in [0.1, 0.15) is 5.56 Å². The summed E-state index contributed by atoms with van der Waals surface area (Å²) in [6, 6.07) is 7.73. The molecular formula is C13H7ClN4O3. The van der Waals surface area contributed by atoms with Gasteiger partial charge >= 0.3 is 0 Å². The molecule has 1 aromatic carbocycles. The van der Waals surface area contributed by atoms with Crippen LogP contribution in [0.4, 0.5) is 5.69 Å². The van der Waals surface area contributed by atoms with E-state index in [1.165, 1.54) is 18.2 Å². The Morgan fingerprint density at radius 1 is 1.29 bits per heavy atom. The summed E-state index contributed by atoms with van der Waals surface area (Å²) >= 11 is 5.77. The number of benzene rings is 1. The molecule has 2 heterocycles. The smallest absolute Gasteiger partial charge is 0.283 e. The van der Waals surface area contributed by atoms with Crippen LogP contribution in [0.2, 0.25) is 5.02 Å². The lowest BCUT2D eigenvalue weighted by Gasteiger charge is -1.98. The van der Waals surface area contributed by atoms with Gasteiger partial charge in [-0.15, -0.1) is 0 Å². The zero-order valence-electron chi connectivity index (χ0n) is 10.4. The number of nitro groups is 1. The van der Waals surface area contributed by atoms with Crippen molar-refractivity contribution in [3.63, 3.8) is 0 Å². The Morgan fingerprint density at radius 2 is 2.14 bits per heavy atom. The van der Waals surface area contributed by atoms with Crippen LogP contribution >= 0.6 is 11.6 Å². The molecule has 0 saturated heterocycles. The highest BCUT2D eigenvalue weighted by atomic mass is 35.5. The SMILES string of the molecule is O=[N+]([O-])c1cc(Cl)ccc1-c1nc(-c2cccnc2)no1. The van der Waals surface area contributed by atoms with Gasteiger partial charge in [0.15, 0.2) is 0 Å². The molecule has 7 nitrogen and oxygen atoms in total. The number of nitrogens with zero attached hydrogens (tertiary/aromatic N) is 4. The van der Waals surface area contributed by atoms with E-state index in [-0.39, 0.29) is 22.2 Å². The maximum Gasteiger partial charge on any atom is 0.283 e. The first-order valence-corrected chi connectivity index (χ1v) is 6.21. The van der Waals surface area contributed by atoms with Crippen molar-refractivity contribution in [2.24, 2.45) is 0 Å². The van der Waals surface area contributed by atoms with Crippen LogP contribution in [0.1, 0.15) is 0 Å². The lowest BCUT2D eigenvalue weighted by atomic mass is 10.2. The molecule has 0 fully saturated rings. The molecule has 0 bridgehead atoms. The first-order valence-electron chi connectivity index (χ1n) is 5.83. The maximum atomic E-state index is 11.1. The van der Waals surface area contributed by atoms with Gasteiger partial charge in [-0.3, -0.25) is 15.1 Å². The summed E-state index contributed by atoms with van der Waals surface area (Å²) in [5.74, 6) is 0.361. The Kier molecular flexibility index (Phi) is 3.33. The Balaban J connectivity index is 2.07. The topological polar surface area (TPSA) is 95.0 Å². The predicted molar refractivity (Wildman–Crippen MR) is 74.6 cm³/mol. The second-order valence-electron chi connectivity index (χ2n) is 4.08. The Labute approximate surface area is 123 Å². The molecule has 104 valence electrons. The average Bonchev–Trinajstić information content (AvgIpc) is 2.97. The van der Waals surface area contributed by atoms with Crippen LogP contribution in [0.25, 0.3) is 22.8 Å². The molecule has 3 rings (SSSR count). The van der Waals surface area contributed by atoms with Crippen molar-refractivity contribution in [3.8, 4) is 22.8 Å². The highest BCUT2D eigenvalue weighted by Gasteiger charge is 2.21. The van der Waals surface area contributed by atoms with Crippen molar-refractivity contribution in [3.05, 3.63) is 57.9 Å². The third-order valence-electron chi connectivity index (χ3n) is 2.73. The van der Waals surface area contributed by atoms with Crippen LogP contribution in [0.3, 0.4) is 0 Å². The van der Waals surface area contributed by atoms with Gasteiger partial charge in [0.2, 0.25) is 5.82 Å². The van der Waals surface area contributed by atoms with E-state index >= 15 is 0 Å². The van der Waals surface area contributed by atoms with E-state index in [2.05, 4.69) is 15.1 Å². The van der Waals surface area contributed by atoms with Crippen LogP contribution in [0.5, 0.6) is 0 Å². The number of pyridine rings is 1. The summed E-state index contributed by atoms with van der Waals surface area (Å²) < 4.78 is 5.10. The van der Waals surface area contributed by atoms with Gasteiger partial charge in [-0.05, 0) is 24.3 Å². The van der Waals surface area contributed by atoms with Crippen LogP contribution < -0.4 is 0 Å². The Morgan fingerprint density at radius 3 is 2.86 bits per heavy atom. The number of hydrogen-bond donors (Lipinski definition) is 0. The first-order chi connectivity index (χ1) is 10.1. The molecule has 0 atom stereocenters. The van der Waals surface area contributed by atoms with Crippen molar-refractivity contribution in [2.45, 2.75) is 0 Å². The number of rotatable bonds is 3. The first kappa shape index (κ1) is 13.2.